The smallest absolute Gasteiger partial charge is 0.258 e. The fourth-order valence-corrected chi connectivity index (χ4v) is 2.75. The number of nitrogens with zero attached hydrogens (tertiary/aromatic N) is 2. The van der Waals surface area contributed by atoms with Crippen LogP contribution in [-0.2, 0) is 4.79 Å². The molecule has 1 heterocycles. The molecule has 0 aliphatic heterocycles. The van der Waals surface area contributed by atoms with Crippen LogP contribution in [0.5, 0.6) is 5.75 Å². The minimum absolute atomic E-state index is 0.494. The highest BCUT2D eigenvalue weighted by atomic mass is 16.5. The monoisotopic (exact) mass is 335 g/mol. The van der Waals surface area contributed by atoms with Crippen molar-refractivity contribution in [3.8, 4) is 22.6 Å². The van der Waals surface area contributed by atoms with E-state index < -0.39 is 12.0 Å². The normalized spacial score (nSPS) is 12.0. The summed E-state index contributed by atoms with van der Waals surface area (Å²) in [5, 5.41) is 4.53. The number of rotatable bonds is 5. The summed E-state index contributed by atoms with van der Waals surface area (Å²) < 4.78 is 7.65. The van der Waals surface area contributed by atoms with E-state index in [9.17, 15) is 4.79 Å². The summed E-state index contributed by atoms with van der Waals surface area (Å²) in [6, 6.07) is 17.7. The zero-order chi connectivity index (χ0) is 18.0. The topological polar surface area (TPSA) is 70.1 Å². The maximum absolute atomic E-state index is 11.3. The lowest BCUT2D eigenvalue weighted by Gasteiger charge is -2.16. The highest BCUT2D eigenvalue weighted by molar-refractivity contribution is 5.79. The van der Waals surface area contributed by atoms with Crippen molar-refractivity contribution in [1.82, 2.24) is 9.78 Å². The summed E-state index contributed by atoms with van der Waals surface area (Å²) >= 11 is 0. The van der Waals surface area contributed by atoms with E-state index in [0.717, 1.165) is 28.2 Å². The van der Waals surface area contributed by atoms with E-state index in [1.54, 1.807) is 6.92 Å². The van der Waals surface area contributed by atoms with E-state index >= 15 is 0 Å². The molecule has 1 amide bonds. The highest BCUT2D eigenvalue weighted by Gasteiger charge is 2.14. The first kappa shape index (κ1) is 16.8. The zero-order valence-electron chi connectivity index (χ0n) is 14.6. The predicted molar refractivity (Wildman–Crippen MR) is 97.8 cm³/mol. The summed E-state index contributed by atoms with van der Waals surface area (Å²) in [6.45, 7) is 5.64. The second-order valence-electron chi connectivity index (χ2n) is 6.05. The molecular formula is C20H21N3O2. The fourth-order valence-electron chi connectivity index (χ4n) is 2.75. The Balaban J connectivity index is 2.02. The third-order valence-corrected chi connectivity index (χ3v) is 4.00. The largest absolute Gasteiger partial charge is 0.480 e. The average Bonchev–Trinajstić information content (AvgIpc) is 2.94. The number of primary amides is 1. The molecule has 3 rings (SSSR count). The second-order valence-corrected chi connectivity index (χ2v) is 6.05. The van der Waals surface area contributed by atoms with E-state index in [1.165, 1.54) is 0 Å². The Morgan fingerprint density at radius 2 is 1.88 bits per heavy atom. The van der Waals surface area contributed by atoms with Crippen LogP contribution in [-0.4, -0.2) is 21.8 Å². The van der Waals surface area contributed by atoms with E-state index in [-0.39, 0.29) is 0 Å². The van der Waals surface area contributed by atoms with E-state index in [2.05, 4.69) is 11.2 Å². The average molecular weight is 335 g/mol. The predicted octanol–water partition coefficient (Wildman–Crippen LogP) is 3.41. The van der Waals surface area contributed by atoms with Crippen molar-refractivity contribution in [1.29, 1.82) is 0 Å². The van der Waals surface area contributed by atoms with E-state index in [0.29, 0.717) is 5.75 Å². The van der Waals surface area contributed by atoms with Crippen LogP contribution in [0.4, 0.5) is 0 Å². The first-order chi connectivity index (χ1) is 12.0. The third-order valence-electron chi connectivity index (χ3n) is 4.00. The van der Waals surface area contributed by atoms with E-state index in [1.807, 2.05) is 67.1 Å². The van der Waals surface area contributed by atoms with Crippen LogP contribution in [0.2, 0.25) is 0 Å². The Bertz CT molecular complexity index is 915. The molecule has 0 saturated carbocycles. The number of ether oxygens (including phenoxy) is 1. The highest BCUT2D eigenvalue weighted by Crippen LogP contribution is 2.31. The first-order valence-corrected chi connectivity index (χ1v) is 8.15. The number of hydrogen-bond acceptors (Lipinski definition) is 3. The number of benzene rings is 2. The molecule has 0 saturated heterocycles. The van der Waals surface area contributed by atoms with Gasteiger partial charge in [-0.15, -0.1) is 0 Å². The lowest BCUT2D eigenvalue weighted by atomic mass is 10.0. The number of aromatic nitrogens is 2. The van der Waals surface area contributed by atoms with Gasteiger partial charge in [0.05, 0.1) is 11.4 Å². The summed E-state index contributed by atoms with van der Waals surface area (Å²) in [6.07, 6.45) is -0.694. The maximum atomic E-state index is 11.3. The lowest BCUT2D eigenvalue weighted by molar-refractivity contribution is -0.123. The van der Waals surface area contributed by atoms with Gasteiger partial charge in [0, 0.05) is 11.3 Å². The van der Waals surface area contributed by atoms with Gasteiger partial charge in [-0.2, -0.15) is 5.10 Å². The molecular weight excluding hydrogens is 314 g/mol. The molecule has 0 aliphatic carbocycles. The number of hydrogen-bond donors (Lipinski definition) is 1. The number of nitrogens with two attached hydrogens (primary N) is 1. The molecule has 5 nitrogen and oxygen atoms in total. The van der Waals surface area contributed by atoms with Gasteiger partial charge >= 0.3 is 0 Å². The van der Waals surface area contributed by atoms with Crippen molar-refractivity contribution >= 4 is 5.91 Å². The van der Waals surface area contributed by atoms with Gasteiger partial charge < -0.3 is 10.5 Å². The Morgan fingerprint density at radius 3 is 2.56 bits per heavy atom. The molecule has 3 aromatic rings. The van der Waals surface area contributed by atoms with Crippen LogP contribution in [0.25, 0.3) is 16.8 Å². The Labute approximate surface area is 147 Å². The minimum Gasteiger partial charge on any atom is -0.480 e. The Hall–Kier alpha value is -3.08. The molecule has 128 valence electrons. The summed E-state index contributed by atoms with van der Waals surface area (Å²) in [5.41, 5.74) is 10.2. The molecule has 2 aromatic carbocycles. The molecule has 0 aliphatic rings. The fraction of sp³-hybridized carbons (Fsp3) is 0.200. The van der Waals surface area contributed by atoms with Crippen LogP contribution in [0, 0.1) is 13.8 Å². The van der Waals surface area contributed by atoms with Gasteiger partial charge in [0.25, 0.3) is 5.91 Å². The Morgan fingerprint density at radius 1 is 1.12 bits per heavy atom. The first-order valence-electron chi connectivity index (χ1n) is 8.15. The van der Waals surface area contributed by atoms with Crippen molar-refractivity contribution in [2.75, 3.05) is 0 Å². The maximum Gasteiger partial charge on any atom is 0.258 e. The number of para-hydroxylation sites is 1. The standard InChI is InChI=1S/C20H21N3O2/c1-13-11-14(2)23(22-13)17-8-6-7-16(12-17)18-9-4-5-10-19(18)25-15(3)20(21)24/h4-12,15H,1-3H3,(H2,21,24). The number of aryl methyl sites for hydroxylation is 2. The number of carbonyl (C=O) groups is 1. The molecule has 1 aromatic heterocycles. The van der Waals surface area contributed by atoms with Crippen LogP contribution in [0.3, 0.4) is 0 Å². The van der Waals surface area contributed by atoms with Gasteiger partial charge in [0.1, 0.15) is 5.75 Å². The molecule has 5 heteroatoms. The molecule has 1 atom stereocenters. The van der Waals surface area contributed by atoms with Gasteiger partial charge in [0.15, 0.2) is 6.10 Å². The van der Waals surface area contributed by atoms with Gasteiger partial charge in [-0.3, -0.25) is 4.79 Å². The van der Waals surface area contributed by atoms with Gasteiger partial charge in [-0.05, 0) is 50.6 Å². The van der Waals surface area contributed by atoms with Crippen LogP contribution in [0.1, 0.15) is 18.3 Å². The molecule has 2 N–H and O–H groups in total. The number of carbonyl (C=O) groups excluding carboxylic acids is 1. The quantitative estimate of drug-likeness (QED) is 0.777. The van der Waals surface area contributed by atoms with E-state index in [4.69, 9.17) is 10.5 Å². The zero-order valence-corrected chi connectivity index (χ0v) is 14.6. The van der Waals surface area contributed by atoms with Crippen LogP contribution < -0.4 is 10.5 Å². The van der Waals surface area contributed by atoms with Crippen LogP contribution >= 0.6 is 0 Å². The molecule has 0 spiro atoms. The van der Waals surface area contributed by atoms with Gasteiger partial charge in [0.2, 0.25) is 0 Å². The van der Waals surface area contributed by atoms with Crippen LogP contribution in [0.15, 0.2) is 54.6 Å². The van der Waals surface area contributed by atoms with Crippen molar-refractivity contribution in [3.05, 3.63) is 66.0 Å². The Kier molecular flexibility index (Phi) is 4.57. The molecule has 25 heavy (non-hydrogen) atoms. The molecule has 0 radical (unpaired) electrons. The van der Waals surface area contributed by atoms with Gasteiger partial charge in [-0.25, -0.2) is 4.68 Å². The summed E-state index contributed by atoms with van der Waals surface area (Å²) in [7, 11) is 0. The molecule has 1 unspecified atom stereocenters. The second kappa shape index (κ2) is 6.81. The summed E-state index contributed by atoms with van der Waals surface area (Å²) in [5.74, 6) is 0.130. The minimum atomic E-state index is -0.694. The lowest BCUT2D eigenvalue weighted by Crippen LogP contribution is -2.30. The third kappa shape index (κ3) is 3.55. The van der Waals surface area contributed by atoms with Crippen molar-refractivity contribution in [2.24, 2.45) is 5.73 Å². The SMILES string of the molecule is Cc1cc(C)n(-c2cccc(-c3ccccc3OC(C)C(N)=O)c2)n1. The van der Waals surface area contributed by atoms with Crippen molar-refractivity contribution in [2.45, 2.75) is 26.9 Å². The number of amides is 1. The summed E-state index contributed by atoms with van der Waals surface area (Å²) in [4.78, 5) is 11.3. The van der Waals surface area contributed by atoms with Crippen molar-refractivity contribution < 1.29 is 9.53 Å². The van der Waals surface area contributed by atoms with Gasteiger partial charge in [-0.1, -0.05) is 30.3 Å². The molecule has 0 bridgehead atoms. The molecule has 0 fully saturated rings. The van der Waals surface area contributed by atoms with Crippen molar-refractivity contribution in [3.63, 3.8) is 0 Å².